The number of nitrogens with zero attached hydrogens (tertiary/aromatic N) is 1. The van der Waals surface area contributed by atoms with Crippen LogP contribution in [0.15, 0.2) is 24.3 Å². The van der Waals surface area contributed by atoms with Crippen LogP contribution in [0.3, 0.4) is 0 Å². The summed E-state index contributed by atoms with van der Waals surface area (Å²) >= 11 is 12.9. The summed E-state index contributed by atoms with van der Waals surface area (Å²) in [4.78, 5) is 25.3. The second kappa shape index (κ2) is 7.67. The first-order valence-electron chi connectivity index (χ1n) is 8.16. The summed E-state index contributed by atoms with van der Waals surface area (Å²) in [6.45, 7) is 2.15. The molecule has 1 aliphatic heterocycles. The number of para-hydroxylation sites is 1. The quantitative estimate of drug-likeness (QED) is 0.400. The number of hydrogen-bond acceptors (Lipinski definition) is 2. The predicted octanol–water partition coefficient (Wildman–Crippen LogP) is 4.79. The maximum absolute atomic E-state index is 12.8. The molecule has 0 saturated carbocycles. The number of anilines is 1. The Kier molecular flexibility index (Phi) is 6.10. The Morgan fingerprint density at radius 3 is 2.57 bits per heavy atom. The van der Waals surface area contributed by atoms with E-state index in [1.165, 1.54) is 11.3 Å². The average Bonchev–Trinajstić information content (AvgIpc) is 2.55. The van der Waals surface area contributed by atoms with E-state index in [4.69, 9.17) is 23.2 Å². The Bertz CT molecular complexity index is 590. The van der Waals surface area contributed by atoms with Gasteiger partial charge in [0.25, 0.3) is 5.91 Å². The van der Waals surface area contributed by atoms with Gasteiger partial charge in [-0.25, -0.2) is 0 Å². The van der Waals surface area contributed by atoms with Gasteiger partial charge in [-0.3, -0.25) is 9.59 Å². The monoisotopic (exact) mass is 355 g/mol. The Balaban J connectivity index is 2.14. The number of fused-ring (bicyclic) bond motifs is 1. The topological polar surface area (TPSA) is 37.4 Å². The molecule has 3 nitrogen and oxygen atoms in total. The lowest BCUT2D eigenvalue weighted by Gasteiger charge is -2.36. The molecule has 0 aliphatic carbocycles. The summed E-state index contributed by atoms with van der Waals surface area (Å²) in [7, 11) is 1.65. The number of hydrogen-bond donors (Lipinski definition) is 0. The highest BCUT2D eigenvalue weighted by Crippen LogP contribution is 2.39. The van der Waals surface area contributed by atoms with Gasteiger partial charge in [0.2, 0.25) is 0 Å². The van der Waals surface area contributed by atoms with Crippen molar-refractivity contribution in [1.29, 1.82) is 0 Å². The third-order valence-electron chi connectivity index (χ3n) is 4.39. The van der Waals surface area contributed by atoms with Gasteiger partial charge in [0, 0.05) is 18.0 Å². The minimum absolute atomic E-state index is 0.165. The van der Waals surface area contributed by atoms with Gasteiger partial charge in [0.05, 0.1) is 5.69 Å². The summed E-state index contributed by atoms with van der Waals surface area (Å²) in [6.07, 6.45) is 5.36. The smallest absolute Gasteiger partial charge is 0.256 e. The molecule has 5 heteroatoms. The molecule has 1 aliphatic rings. The fraction of sp³-hybridized carbons (Fsp3) is 0.556. The largest absolute Gasteiger partial charge is 0.313 e. The van der Waals surface area contributed by atoms with Crippen LogP contribution < -0.4 is 4.90 Å². The van der Waals surface area contributed by atoms with E-state index < -0.39 is 4.87 Å². The van der Waals surface area contributed by atoms with E-state index in [1.54, 1.807) is 31.3 Å². The highest BCUT2D eigenvalue weighted by Gasteiger charge is 2.51. The molecule has 0 N–H and O–H groups in total. The summed E-state index contributed by atoms with van der Waals surface area (Å²) in [5.74, 6) is -0.723. The maximum Gasteiger partial charge on any atom is 0.256 e. The van der Waals surface area contributed by atoms with Gasteiger partial charge >= 0.3 is 0 Å². The molecule has 0 aromatic heterocycles. The van der Waals surface area contributed by atoms with E-state index >= 15 is 0 Å². The zero-order valence-corrected chi connectivity index (χ0v) is 15.2. The summed E-state index contributed by atoms with van der Waals surface area (Å²) in [6, 6.07) is 7.04. The van der Waals surface area contributed by atoms with Crippen LogP contribution in [0.2, 0.25) is 0 Å². The van der Waals surface area contributed by atoms with Crippen molar-refractivity contribution in [3.63, 3.8) is 0 Å². The molecule has 1 amide bonds. The van der Waals surface area contributed by atoms with Crippen molar-refractivity contribution in [1.82, 2.24) is 0 Å². The Morgan fingerprint density at radius 2 is 1.87 bits per heavy atom. The van der Waals surface area contributed by atoms with E-state index in [9.17, 15) is 9.59 Å². The minimum atomic E-state index is -1.58. The number of carbonyl (C=O) groups is 2. The maximum atomic E-state index is 12.8. The lowest BCUT2D eigenvalue weighted by Crippen LogP contribution is -2.54. The van der Waals surface area contributed by atoms with Crippen LogP contribution in [-0.2, 0) is 4.79 Å². The molecule has 0 saturated heterocycles. The lowest BCUT2D eigenvalue weighted by atomic mass is 9.85. The van der Waals surface area contributed by atoms with Crippen molar-refractivity contribution in [2.45, 2.75) is 55.7 Å². The van der Waals surface area contributed by atoms with Crippen molar-refractivity contribution in [3.8, 4) is 0 Å². The standard InChI is InChI=1S/C18H23Cl2NO2/c1-3-4-5-6-9-13(19)12-18(20)16(22)14-10-7-8-11-15(14)21(2)17(18)23/h7-8,10-11,13H,3-6,9,12H2,1-2H3. The molecule has 2 rings (SSSR count). The van der Waals surface area contributed by atoms with Gasteiger partial charge in [-0.2, -0.15) is 0 Å². The van der Waals surface area contributed by atoms with Crippen molar-refractivity contribution in [2.24, 2.45) is 0 Å². The van der Waals surface area contributed by atoms with Crippen LogP contribution in [0.1, 0.15) is 55.8 Å². The van der Waals surface area contributed by atoms with E-state index in [0.717, 1.165) is 25.7 Å². The lowest BCUT2D eigenvalue weighted by molar-refractivity contribution is -0.120. The van der Waals surface area contributed by atoms with Crippen LogP contribution in [0.25, 0.3) is 0 Å². The number of unbranched alkanes of at least 4 members (excludes halogenated alkanes) is 3. The van der Waals surface area contributed by atoms with Crippen LogP contribution in [0.5, 0.6) is 0 Å². The number of rotatable bonds is 7. The zero-order valence-electron chi connectivity index (χ0n) is 13.6. The fourth-order valence-electron chi connectivity index (χ4n) is 3.02. The SMILES string of the molecule is CCCCCCC(Cl)CC1(Cl)C(=O)c2ccccc2N(C)C1=O. The minimum Gasteiger partial charge on any atom is -0.313 e. The van der Waals surface area contributed by atoms with Gasteiger partial charge in [-0.05, 0) is 25.0 Å². The van der Waals surface area contributed by atoms with Crippen LogP contribution in [0, 0.1) is 0 Å². The van der Waals surface area contributed by atoms with E-state index in [-0.39, 0.29) is 23.5 Å². The van der Waals surface area contributed by atoms with Gasteiger partial charge in [0.15, 0.2) is 10.7 Å². The highest BCUT2D eigenvalue weighted by atomic mass is 35.5. The predicted molar refractivity (Wildman–Crippen MR) is 95.8 cm³/mol. The Labute approximate surface area is 147 Å². The highest BCUT2D eigenvalue weighted by molar-refractivity contribution is 6.52. The fourth-order valence-corrected chi connectivity index (χ4v) is 3.90. The molecular weight excluding hydrogens is 333 g/mol. The van der Waals surface area contributed by atoms with Crippen molar-refractivity contribution in [2.75, 3.05) is 11.9 Å². The van der Waals surface area contributed by atoms with Gasteiger partial charge in [-0.1, -0.05) is 56.3 Å². The van der Waals surface area contributed by atoms with Crippen molar-refractivity contribution < 1.29 is 9.59 Å². The molecule has 126 valence electrons. The van der Waals surface area contributed by atoms with Crippen LogP contribution in [-0.4, -0.2) is 29.0 Å². The van der Waals surface area contributed by atoms with Crippen LogP contribution >= 0.6 is 23.2 Å². The number of benzene rings is 1. The van der Waals surface area contributed by atoms with E-state index in [0.29, 0.717) is 11.3 Å². The second-order valence-corrected chi connectivity index (χ2v) is 7.42. The Hall–Kier alpha value is -1.06. The van der Waals surface area contributed by atoms with E-state index in [1.807, 2.05) is 0 Å². The summed E-state index contributed by atoms with van der Waals surface area (Å²) in [5, 5.41) is -0.282. The zero-order chi connectivity index (χ0) is 17.0. The summed E-state index contributed by atoms with van der Waals surface area (Å²) < 4.78 is 0. The van der Waals surface area contributed by atoms with Gasteiger partial charge in [0.1, 0.15) is 0 Å². The number of halogens is 2. The molecule has 0 bridgehead atoms. The summed E-state index contributed by atoms with van der Waals surface area (Å²) in [5.41, 5.74) is 1.09. The van der Waals surface area contributed by atoms with Crippen molar-refractivity contribution >= 4 is 40.6 Å². The normalized spacial score (nSPS) is 22.2. The third kappa shape index (κ3) is 3.72. The molecule has 2 unspecified atom stereocenters. The van der Waals surface area contributed by atoms with Crippen LogP contribution in [0.4, 0.5) is 5.69 Å². The molecule has 0 fully saturated rings. The Morgan fingerprint density at radius 1 is 1.17 bits per heavy atom. The molecule has 0 radical (unpaired) electrons. The molecule has 2 atom stereocenters. The first kappa shape index (κ1) is 18.3. The van der Waals surface area contributed by atoms with Gasteiger partial charge < -0.3 is 4.90 Å². The molecule has 0 spiro atoms. The average molecular weight is 356 g/mol. The number of alkyl halides is 2. The molecule has 1 heterocycles. The molecule has 23 heavy (non-hydrogen) atoms. The third-order valence-corrected chi connectivity index (χ3v) is 5.25. The number of carbonyl (C=O) groups excluding carboxylic acids is 2. The first-order valence-corrected chi connectivity index (χ1v) is 8.98. The second-order valence-electron chi connectivity index (χ2n) is 6.16. The van der Waals surface area contributed by atoms with Crippen molar-refractivity contribution in [3.05, 3.63) is 29.8 Å². The number of amides is 1. The number of ketones is 1. The molecular formula is C18H23Cl2NO2. The van der Waals surface area contributed by atoms with E-state index in [2.05, 4.69) is 6.92 Å². The number of Topliss-reactive ketones (excluding diaryl/α,β-unsaturated/α-hetero) is 1. The molecule has 1 aromatic carbocycles. The first-order chi connectivity index (χ1) is 10.9. The van der Waals surface area contributed by atoms with Gasteiger partial charge in [-0.15, -0.1) is 11.6 Å². The molecule has 1 aromatic rings.